The molecule has 1 saturated carbocycles. The number of carbonyl (C=O) groups excluding carboxylic acids is 1. The van der Waals surface area contributed by atoms with Crippen LogP contribution < -0.4 is 10.6 Å². The minimum atomic E-state index is -0.0354. The third kappa shape index (κ3) is 4.36. The van der Waals surface area contributed by atoms with Crippen molar-refractivity contribution in [2.75, 3.05) is 13.1 Å². The van der Waals surface area contributed by atoms with Crippen molar-refractivity contribution in [3.05, 3.63) is 53.9 Å². The van der Waals surface area contributed by atoms with Gasteiger partial charge in [-0.05, 0) is 29.9 Å². The van der Waals surface area contributed by atoms with Crippen LogP contribution in [0.2, 0.25) is 0 Å². The van der Waals surface area contributed by atoms with Crippen molar-refractivity contribution in [3.8, 4) is 0 Å². The monoisotopic (exact) mass is 388 g/mol. The lowest BCUT2D eigenvalue weighted by molar-refractivity contribution is -0.126. The maximum atomic E-state index is 13.2. The molecule has 3 atom stereocenters. The van der Waals surface area contributed by atoms with E-state index in [0.29, 0.717) is 5.92 Å². The predicted octanol–water partition coefficient (Wildman–Crippen LogP) is 3.19. The summed E-state index contributed by atoms with van der Waals surface area (Å²) >= 11 is 0. The molecule has 1 aromatic carbocycles. The molecule has 4 rings (SSSR count). The molecule has 1 aliphatic heterocycles. The zero-order valence-electron chi connectivity index (χ0n) is 15.8. The van der Waals surface area contributed by atoms with Crippen molar-refractivity contribution >= 4 is 18.3 Å². The summed E-state index contributed by atoms with van der Waals surface area (Å²) in [5, 5.41) is 11.1. The number of rotatable bonds is 5. The molecule has 1 amide bonds. The fraction of sp³-hybridized carbons (Fsp3) is 0.524. The molecule has 0 spiro atoms. The van der Waals surface area contributed by atoms with E-state index in [1.165, 1.54) is 31.2 Å². The summed E-state index contributed by atoms with van der Waals surface area (Å²) in [6, 6.07) is 10.6. The molecule has 2 aromatic rings. The van der Waals surface area contributed by atoms with Gasteiger partial charge in [-0.3, -0.25) is 9.48 Å². The van der Waals surface area contributed by atoms with Crippen molar-refractivity contribution in [1.29, 1.82) is 0 Å². The molecule has 1 aromatic heterocycles. The van der Waals surface area contributed by atoms with Gasteiger partial charge in [0.2, 0.25) is 5.91 Å². The van der Waals surface area contributed by atoms with E-state index >= 15 is 0 Å². The predicted molar refractivity (Wildman–Crippen MR) is 109 cm³/mol. The largest absolute Gasteiger partial charge is 0.349 e. The molecule has 2 aliphatic rings. The number of aryl methyl sites for hydroxylation is 1. The molecule has 6 heteroatoms. The maximum absolute atomic E-state index is 13.2. The van der Waals surface area contributed by atoms with Crippen LogP contribution in [0.3, 0.4) is 0 Å². The number of benzene rings is 1. The number of halogens is 1. The molecular formula is C21H29ClN4O. The normalized spacial score (nSPS) is 23.7. The van der Waals surface area contributed by atoms with Gasteiger partial charge >= 0.3 is 0 Å². The molecule has 2 fully saturated rings. The average Bonchev–Trinajstić information content (AvgIpc) is 3.41. The number of amides is 1. The van der Waals surface area contributed by atoms with E-state index in [1.807, 2.05) is 30.2 Å². The molecule has 27 heavy (non-hydrogen) atoms. The van der Waals surface area contributed by atoms with E-state index in [0.717, 1.165) is 18.7 Å². The van der Waals surface area contributed by atoms with Gasteiger partial charge in [-0.25, -0.2) is 0 Å². The molecule has 0 bridgehead atoms. The SMILES string of the molecule is Cl.Cn1cc([C@H]2CNC[C@@H]2C(=O)NC(c2ccccc2)C2CCCC2)cn1. The first kappa shape index (κ1) is 19.9. The number of hydrogen-bond acceptors (Lipinski definition) is 3. The highest BCUT2D eigenvalue weighted by Gasteiger charge is 2.37. The Morgan fingerprint density at radius 1 is 1.22 bits per heavy atom. The number of hydrogen-bond donors (Lipinski definition) is 2. The molecular weight excluding hydrogens is 360 g/mol. The summed E-state index contributed by atoms with van der Waals surface area (Å²) in [4.78, 5) is 13.2. The summed E-state index contributed by atoms with van der Waals surface area (Å²) in [7, 11) is 1.92. The van der Waals surface area contributed by atoms with Gasteiger partial charge in [-0.1, -0.05) is 43.2 Å². The summed E-state index contributed by atoms with van der Waals surface area (Å²) < 4.78 is 1.81. The van der Waals surface area contributed by atoms with Crippen LogP contribution >= 0.6 is 12.4 Å². The van der Waals surface area contributed by atoms with Crippen molar-refractivity contribution < 1.29 is 4.79 Å². The smallest absolute Gasteiger partial charge is 0.225 e. The highest BCUT2D eigenvalue weighted by molar-refractivity contribution is 5.85. The van der Waals surface area contributed by atoms with Crippen molar-refractivity contribution in [2.45, 2.75) is 37.6 Å². The average molecular weight is 389 g/mol. The fourth-order valence-corrected chi connectivity index (χ4v) is 4.62. The highest BCUT2D eigenvalue weighted by atomic mass is 35.5. The van der Waals surface area contributed by atoms with Gasteiger partial charge in [0.15, 0.2) is 0 Å². The first-order valence-corrected chi connectivity index (χ1v) is 9.77. The van der Waals surface area contributed by atoms with E-state index in [4.69, 9.17) is 0 Å². The van der Waals surface area contributed by atoms with Gasteiger partial charge in [-0.2, -0.15) is 5.10 Å². The van der Waals surface area contributed by atoms with E-state index in [2.05, 4.69) is 40.0 Å². The Bertz CT molecular complexity index is 742. The number of carbonyl (C=O) groups is 1. The Morgan fingerprint density at radius 2 is 1.96 bits per heavy atom. The zero-order valence-corrected chi connectivity index (χ0v) is 16.6. The molecule has 1 unspecified atom stereocenters. The lowest BCUT2D eigenvalue weighted by Crippen LogP contribution is -2.39. The van der Waals surface area contributed by atoms with Crippen LogP contribution in [0.1, 0.15) is 48.8 Å². The summed E-state index contributed by atoms with van der Waals surface area (Å²) in [5.74, 6) is 0.882. The van der Waals surface area contributed by atoms with Crippen molar-refractivity contribution in [1.82, 2.24) is 20.4 Å². The van der Waals surface area contributed by atoms with Crippen LogP contribution in [0, 0.1) is 11.8 Å². The van der Waals surface area contributed by atoms with Gasteiger partial charge < -0.3 is 10.6 Å². The van der Waals surface area contributed by atoms with Crippen LogP contribution in [0.15, 0.2) is 42.7 Å². The van der Waals surface area contributed by atoms with Gasteiger partial charge in [0.25, 0.3) is 0 Å². The number of aromatic nitrogens is 2. The summed E-state index contributed by atoms with van der Waals surface area (Å²) in [6.45, 7) is 1.57. The van der Waals surface area contributed by atoms with Gasteiger partial charge in [0, 0.05) is 32.3 Å². The fourth-order valence-electron chi connectivity index (χ4n) is 4.62. The van der Waals surface area contributed by atoms with E-state index in [1.54, 1.807) is 0 Å². The highest BCUT2D eigenvalue weighted by Crippen LogP contribution is 2.36. The minimum absolute atomic E-state index is 0. The van der Waals surface area contributed by atoms with Crippen molar-refractivity contribution in [3.63, 3.8) is 0 Å². The lowest BCUT2D eigenvalue weighted by atomic mass is 9.87. The Kier molecular flexibility index (Phi) is 6.55. The second-order valence-electron chi connectivity index (χ2n) is 7.76. The first-order chi connectivity index (χ1) is 12.7. The summed E-state index contributed by atoms with van der Waals surface area (Å²) in [5.41, 5.74) is 2.38. The minimum Gasteiger partial charge on any atom is -0.349 e. The molecule has 2 heterocycles. The van der Waals surface area contributed by atoms with Crippen LogP contribution in [-0.4, -0.2) is 28.8 Å². The van der Waals surface area contributed by atoms with Crippen molar-refractivity contribution in [2.24, 2.45) is 18.9 Å². The molecule has 5 nitrogen and oxygen atoms in total. The zero-order chi connectivity index (χ0) is 17.9. The molecule has 146 valence electrons. The Balaban J connectivity index is 0.00000210. The first-order valence-electron chi connectivity index (χ1n) is 9.77. The topological polar surface area (TPSA) is 59.0 Å². The molecule has 0 radical (unpaired) electrons. The van der Waals surface area contributed by atoms with E-state index in [-0.39, 0.29) is 36.2 Å². The van der Waals surface area contributed by atoms with Gasteiger partial charge in [0.05, 0.1) is 18.2 Å². The van der Waals surface area contributed by atoms with E-state index in [9.17, 15) is 4.79 Å². The van der Waals surface area contributed by atoms with Crippen LogP contribution in [0.4, 0.5) is 0 Å². The quantitative estimate of drug-likeness (QED) is 0.826. The van der Waals surface area contributed by atoms with Crippen LogP contribution in [0.25, 0.3) is 0 Å². The molecule has 1 aliphatic carbocycles. The van der Waals surface area contributed by atoms with Crippen LogP contribution in [0.5, 0.6) is 0 Å². The standard InChI is InChI=1S/C21H28N4O.ClH/c1-25-14-17(11-23-25)18-12-22-13-19(18)21(26)24-20(16-9-5-6-10-16)15-7-3-2-4-8-15;/h2-4,7-8,11,14,16,18-20,22H,5-6,9-10,12-13H2,1H3,(H,24,26);1H/t18-,19+,20?;/m1./s1. The lowest BCUT2D eigenvalue weighted by Gasteiger charge is -2.28. The summed E-state index contributed by atoms with van der Waals surface area (Å²) in [6.07, 6.45) is 8.87. The third-order valence-corrected chi connectivity index (χ3v) is 6.03. The van der Waals surface area contributed by atoms with Crippen LogP contribution in [-0.2, 0) is 11.8 Å². The second-order valence-corrected chi connectivity index (χ2v) is 7.76. The number of nitrogens with zero attached hydrogens (tertiary/aromatic N) is 2. The number of nitrogens with one attached hydrogen (secondary N) is 2. The Labute approximate surface area is 167 Å². The van der Waals surface area contributed by atoms with E-state index < -0.39 is 0 Å². The molecule has 1 saturated heterocycles. The Hall–Kier alpha value is -1.85. The third-order valence-electron chi connectivity index (χ3n) is 6.03. The second kappa shape index (κ2) is 8.89. The molecule has 2 N–H and O–H groups in total. The maximum Gasteiger partial charge on any atom is 0.225 e. The van der Waals surface area contributed by atoms with Gasteiger partial charge in [0.1, 0.15) is 0 Å². The Morgan fingerprint density at radius 3 is 2.63 bits per heavy atom. The van der Waals surface area contributed by atoms with Gasteiger partial charge in [-0.15, -0.1) is 12.4 Å².